The van der Waals surface area contributed by atoms with E-state index in [1.165, 1.54) is 110 Å². The fourth-order valence-electron chi connectivity index (χ4n) is 19.8. The minimum Gasteiger partial charge on any atom is -0.147 e. The molecule has 4 aromatic rings. The number of benzene rings is 4. The predicted molar refractivity (Wildman–Crippen MR) is 297 cm³/mol. The third kappa shape index (κ3) is 7.43. The maximum Gasteiger partial charge on any atom is -0.147 e. The first-order valence-corrected chi connectivity index (χ1v) is 40.2. The van der Waals surface area contributed by atoms with Crippen LogP contribution in [0.15, 0.2) is 96.1 Å². The molecule has 0 amide bonds. The number of rotatable bonds is 8. The molecule has 0 aliphatic heterocycles. The number of hydrogen-bond donors (Lipinski definition) is 0. The summed E-state index contributed by atoms with van der Waals surface area (Å²) in [5.74, 6) is 5.82. The molecule has 362 valence electrons. The second-order valence-electron chi connectivity index (χ2n) is 27.8. The molecular weight excluding hydrogens is 959 g/mol. The van der Waals surface area contributed by atoms with Gasteiger partial charge in [-0.15, -0.1) is 24.8 Å². The molecule has 68 heavy (non-hydrogen) atoms. The number of hydrogen-bond acceptors (Lipinski definition) is 0. The Morgan fingerprint density at radius 2 is 0.809 bits per heavy atom. The van der Waals surface area contributed by atoms with E-state index in [1.807, 2.05) is 0 Å². The predicted octanol–water partition coefficient (Wildman–Crippen LogP) is 18.4. The van der Waals surface area contributed by atoms with Crippen molar-refractivity contribution in [2.45, 2.75) is 173 Å². The maximum absolute atomic E-state index is 4.14. The Morgan fingerprint density at radius 1 is 0.500 bits per heavy atom. The molecule has 2 atom stereocenters. The Bertz CT molecular complexity index is 2530. The van der Waals surface area contributed by atoms with Gasteiger partial charge in [-0.05, 0) is 0 Å². The van der Waals surface area contributed by atoms with Gasteiger partial charge in [-0.2, -0.15) is 0 Å². The van der Waals surface area contributed by atoms with E-state index in [2.05, 4.69) is 159 Å². The van der Waals surface area contributed by atoms with Gasteiger partial charge in [0.05, 0.1) is 0 Å². The molecular formula is C64H84Cl2SiZr. The number of allylic oxidation sites excluding steroid dienone is 4. The van der Waals surface area contributed by atoms with Crippen LogP contribution in [0.25, 0.3) is 33.4 Å². The van der Waals surface area contributed by atoms with E-state index in [0.717, 1.165) is 35.5 Å². The Balaban J connectivity index is 0.00000269. The molecule has 8 bridgehead atoms. The number of halogens is 2. The van der Waals surface area contributed by atoms with Crippen molar-refractivity contribution in [3.63, 3.8) is 0 Å². The van der Waals surface area contributed by atoms with Crippen LogP contribution >= 0.6 is 24.8 Å². The van der Waals surface area contributed by atoms with Gasteiger partial charge in [0.2, 0.25) is 0 Å². The first kappa shape index (κ1) is 49.6. The van der Waals surface area contributed by atoms with Crippen LogP contribution in [0.3, 0.4) is 0 Å². The summed E-state index contributed by atoms with van der Waals surface area (Å²) in [6.45, 7) is 25.5. The SMILES string of the molecule is CC[CH2][Zr]([CH3])(=[SiH2])([CH]1C(C(C)(C)C)=C(C)c2c(-c3ccc(C45CC6CC(CC(C6)C4)C5)cc3)cccc21)[CH]1C(C(C)(C)C)=C(C)c2c(-c3ccc(C45CC6CC(CC(C6)C4)C5)cc3)cccc21.Cl.Cl. The van der Waals surface area contributed by atoms with Gasteiger partial charge in [0, 0.05) is 0 Å². The summed E-state index contributed by atoms with van der Waals surface area (Å²) in [6.07, 6.45) is 18.9. The van der Waals surface area contributed by atoms with Crippen LogP contribution in [0.1, 0.15) is 186 Å². The molecule has 2 unspecified atom stereocenters. The average Bonchev–Trinajstić information content (AvgIpc) is 3.76. The van der Waals surface area contributed by atoms with Crippen molar-refractivity contribution in [1.29, 1.82) is 0 Å². The largest absolute Gasteiger partial charge is 0.147 e. The molecule has 0 N–H and O–H groups in total. The van der Waals surface area contributed by atoms with Crippen molar-refractivity contribution in [2.75, 3.05) is 0 Å². The smallest absolute Gasteiger partial charge is 0.147 e. The fraction of sp³-hybridized carbons (Fsp3) is 0.562. The topological polar surface area (TPSA) is 0 Å². The summed E-state index contributed by atoms with van der Waals surface area (Å²) in [7, 11) is 0. The summed E-state index contributed by atoms with van der Waals surface area (Å²) in [4.78, 5) is 0. The molecule has 4 aromatic carbocycles. The van der Waals surface area contributed by atoms with Gasteiger partial charge >= 0.3 is 406 Å². The van der Waals surface area contributed by atoms with Gasteiger partial charge in [-0.25, -0.2) is 0 Å². The van der Waals surface area contributed by atoms with E-state index in [-0.39, 0.29) is 35.6 Å². The zero-order chi connectivity index (χ0) is 45.9. The van der Waals surface area contributed by atoms with E-state index in [0.29, 0.717) is 18.1 Å². The molecule has 0 saturated heterocycles. The minimum absolute atomic E-state index is 0. The van der Waals surface area contributed by atoms with E-state index in [4.69, 9.17) is 0 Å². The molecule has 0 heterocycles. The molecule has 0 aromatic heterocycles. The fourth-order valence-corrected chi connectivity index (χ4v) is 45.9. The van der Waals surface area contributed by atoms with Crippen molar-refractivity contribution in [3.05, 3.63) is 129 Å². The number of fused-ring (bicyclic) bond motifs is 2. The van der Waals surface area contributed by atoms with Crippen molar-refractivity contribution >= 4 is 42.8 Å². The van der Waals surface area contributed by atoms with E-state index in [9.17, 15) is 0 Å². The van der Waals surface area contributed by atoms with Gasteiger partial charge in [-0.1, -0.05) is 0 Å². The summed E-state index contributed by atoms with van der Waals surface area (Å²) < 4.78 is 5.30. The molecule has 14 rings (SSSR count). The molecule has 8 fully saturated rings. The van der Waals surface area contributed by atoms with Crippen LogP contribution < -0.4 is 0 Å². The van der Waals surface area contributed by atoms with Crippen LogP contribution in [-0.4, -0.2) is 6.88 Å². The monoisotopic (exact) mass is 1040 g/mol. The molecule has 10 aliphatic carbocycles. The van der Waals surface area contributed by atoms with Crippen LogP contribution in [0, 0.1) is 46.3 Å². The van der Waals surface area contributed by atoms with Crippen molar-refractivity contribution < 1.29 is 17.4 Å². The maximum atomic E-state index is 2.97. The first-order chi connectivity index (χ1) is 31.3. The van der Waals surface area contributed by atoms with Crippen molar-refractivity contribution in [2.24, 2.45) is 46.3 Å². The Morgan fingerprint density at radius 3 is 1.09 bits per heavy atom. The van der Waals surface area contributed by atoms with Crippen LogP contribution in [0.5, 0.6) is 0 Å². The second kappa shape index (κ2) is 16.8. The van der Waals surface area contributed by atoms with E-state index < -0.39 is 17.4 Å². The summed E-state index contributed by atoms with van der Waals surface area (Å²) in [5, 5.41) is 0. The van der Waals surface area contributed by atoms with Crippen LogP contribution in [0.4, 0.5) is 0 Å². The first-order valence-electron chi connectivity index (χ1n) is 27.2. The molecule has 4 heteroatoms. The Hall–Kier alpha value is -1.96. The van der Waals surface area contributed by atoms with E-state index in [1.54, 1.807) is 55.7 Å². The van der Waals surface area contributed by atoms with E-state index >= 15 is 0 Å². The molecule has 10 aliphatic rings. The minimum atomic E-state index is -4.14. The Labute approximate surface area is 427 Å². The normalized spacial score (nSPS) is 32.3. The summed E-state index contributed by atoms with van der Waals surface area (Å²) >= 11 is -4.14. The van der Waals surface area contributed by atoms with Crippen LogP contribution in [-0.2, 0) is 28.2 Å². The molecule has 0 nitrogen and oxygen atoms in total. The summed E-state index contributed by atoms with van der Waals surface area (Å²) in [6, 6.07) is 35.7. The van der Waals surface area contributed by atoms with Gasteiger partial charge in [0.1, 0.15) is 0 Å². The Kier molecular flexibility index (Phi) is 12.3. The van der Waals surface area contributed by atoms with Gasteiger partial charge in [0.25, 0.3) is 0 Å². The second-order valence-corrected chi connectivity index (χ2v) is 56.2. The average molecular weight is 1040 g/mol. The van der Waals surface area contributed by atoms with Gasteiger partial charge < -0.3 is 0 Å². The van der Waals surface area contributed by atoms with Crippen LogP contribution in [0.2, 0.25) is 8.76 Å². The zero-order valence-electron chi connectivity index (χ0n) is 43.6. The van der Waals surface area contributed by atoms with Gasteiger partial charge in [-0.3, -0.25) is 0 Å². The third-order valence-electron chi connectivity index (χ3n) is 21.0. The van der Waals surface area contributed by atoms with Gasteiger partial charge in [0.15, 0.2) is 0 Å². The molecule has 0 spiro atoms. The standard InChI is InChI=1S/2C30H35.C3H7.CH3.2ClH.H2Si.Zr/c2*1-19-27(29(2,3)4)15-24-6-5-7-26(28(19)24)23-8-10-25(11-9-23)30-16-20-12-21(17-30)14-22(13-20)18-30;1-3-2;;;;;/h2*5-11,15,20-22H,12-14,16-18H2,1-4H3;1,3H2,2H3;1H3;2*1H;1H2;. The molecule has 0 radical (unpaired) electrons. The van der Waals surface area contributed by atoms with Crippen molar-refractivity contribution in [1.82, 2.24) is 0 Å². The third-order valence-corrected chi connectivity index (χ3v) is 44.1. The summed E-state index contributed by atoms with van der Waals surface area (Å²) in [5.41, 5.74) is 23.2. The quantitative estimate of drug-likeness (QED) is 0.154. The van der Waals surface area contributed by atoms with Crippen molar-refractivity contribution in [3.8, 4) is 22.3 Å². The zero-order valence-corrected chi connectivity index (χ0v) is 49.1. The molecule has 8 saturated carbocycles.